The molecule has 0 aliphatic rings. The highest BCUT2D eigenvalue weighted by atomic mass is 16.5. The largest absolute Gasteiger partial charge is 0.382 e. The molecule has 0 aromatic rings. The quantitative estimate of drug-likeness (QED) is 0.549. The van der Waals surface area contributed by atoms with Gasteiger partial charge in [0.1, 0.15) is 0 Å². The van der Waals surface area contributed by atoms with Crippen LogP contribution in [0, 0.1) is 11.8 Å². The summed E-state index contributed by atoms with van der Waals surface area (Å²) in [5.74, 6) is 0.159. The van der Waals surface area contributed by atoms with Crippen LogP contribution in [0.4, 0.5) is 0 Å². The number of hydrogen-bond acceptors (Lipinski definition) is 4. The van der Waals surface area contributed by atoms with E-state index in [1.807, 2.05) is 13.8 Å². The van der Waals surface area contributed by atoms with Crippen LogP contribution in [0.5, 0.6) is 0 Å². The van der Waals surface area contributed by atoms with Crippen molar-refractivity contribution in [1.82, 2.24) is 5.32 Å². The van der Waals surface area contributed by atoms with Gasteiger partial charge >= 0.3 is 0 Å². The molecular weight excluding hydrogens is 208 g/mol. The second kappa shape index (κ2) is 9.57. The molecule has 5 nitrogen and oxygen atoms in total. The summed E-state index contributed by atoms with van der Waals surface area (Å²) in [5.41, 5.74) is 5.54. The summed E-state index contributed by atoms with van der Waals surface area (Å²) in [5, 5.41) is 2.81. The lowest BCUT2D eigenvalue weighted by molar-refractivity contribution is -0.126. The van der Waals surface area contributed by atoms with Gasteiger partial charge in [0.05, 0.1) is 25.7 Å². The molecule has 0 bridgehead atoms. The Labute approximate surface area is 97.7 Å². The second-order valence-electron chi connectivity index (χ2n) is 3.98. The first-order chi connectivity index (χ1) is 7.63. The number of amides is 1. The molecule has 1 unspecified atom stereocenters. The lowest BCUT2D eigenvalue weighted by Crippen LogP contribution is -2.39. The predicted molar refractivity (Wildman–Crippen MR) is 63.1 cm³/mol. The zero-order valence-electron chi connectivity index (χ0n) is 10.5. The Bertz CT molecular complexity index is 186. The number of ether oxygens (including phenoxy) is 2. The highest BCUT2D eigenvalue weighted by Gasteiger charge is 2.19. The molecule has 1 atom stereocenters. The summed E-state index contributed by atoms with van der Waals surface area (Å²) in [7, 11) is 1.62. The minimum Gasteiger partial charge on any atom is -0.382 e. The van der Waals surface area contributed by atoms with Gasteiger partial charge in [-0.3, -0.25) is 4.79 Å². The van der Waals surface area contributed by atoms with Crippen molar-refractivity contribution < 1.29 is 14.3 Å². The second-order valence-corrected chi connectivity index (χ2v) is 3.98. The van der Waals surface area contributed by atoms with E-state index >= 15 is 0 Å². The van der Waals surface area contributed by atoms with Crippen molar-refractivity contribution in [3.05, 3.63) is 0 Å². The van der Waals surface area contributed by atoms with Crippen LogP contribution in [0.2, 0.25) is 0 Å². The molecule has 0 rings (SSSR count). The fourth-order valence-electron chi connectivity index (χ4n) is 1.30. The lowest BCUT2D eigenvalue weighted by atomic mass is 9.95. The summed E-state index contributed by atoms with van der Waals surface area (Å²) < 4.78 is 10.1. The normalized spacial score (nSPS) is 12.8. The van der Waals surface area contributed by atoms with Gasteiger partial charge in [-0.15, -0.1) is 0 Å². The predicted octanol–water partition coefficient (Wildman–Crippen LogP) is -0.00350. The van der Waals surface area contributed by atoms with Gasteiger partial charge in [0.15, 0.2) is 0 Å². The topological polar surface area (TPSA) is 73.6 Å². The average molecular weight is 232 g/mol. The molecule has 1 amide bonds. The van der Waals surface area contributed by atoms with Gasteiger partial charge in [-0.05, 0) is 5.92 Å². The van der Waals surface area contributed by atoms with Crippen LogP contribution in [0.3, 0.4) is 0 Å². The standard InChI is InChI=1S/C11H24N2O3/c1-9(2)10(8-12)11(14)13-4-5-16-7-6-15-3/h9-10H,4-8,12H2,1-3H3,(H,13,14). The van der Waals surface area contributed by atoms with Crippen molar-refractivity contribution in [1.29, 1.82) is 0 Å². The number of carbonyl (C=O) groups excluding carboxylic acids is 1. The van der Waals surface area contributed by atoms with Crippen LogP contribution in [0.1, 0.15) is 13.8 Å². The average Bonchev–Trinajstić information content (AvgIpc) is 2.23. The third-order valence-corrected chi connectivity index (χ3v) is 2.37. The summed E-state index contributed by atoms with van der Waals surface area (Å²) >= 11 is 0. The van der Waals surface area contributed by atoms with Crippen molar-refractivity contribution in [2.75, 3.05) is 40.0 Å². The van der Waals surface area contributed by atoms with E-state index < -0.39 is 0 Å². The van der Waals surface area contributed by atoms with E-state index in [4.69, 9.17) is 15.2 Å². The molecule has 3 N–H and O–H groups in total. The van der Waals surface area contributed by atoms with Gasteiger partial charge in [-0.2, -0.15) is 0 Å². The number of rotatable bonds is 9. The van der Waals surface area contributed by atoms with E-state index in [-0.39, 0.29) is 17.7 Å². The SMILES string of the molecule is COCCOCCNC(=O)C(CN)C(C)C. The maximum Gasteiger partial charge on any atom is 0.224 e. The zero-order valence-corrected chi connectivity index (χ0v) is 10.5. The summed E-state index contributed by atoms with van der Waals surface area (Å²) in [6.07, 6.45) is 0. The van der Waals surface area contributed by atoms with Crippen molar-refractivity contribution >= 4 is 5.91 Å². The molecule has 0 aromatic carbocycles. The molecule has 0 aromatic heterocycles. The first-order valence-electron chi connectivity index (χ1n) is 5.68. The fraction of sp³-hybridized carbons (Fsp3) is 0.909. The Kier molecular flexibility index (Phi) is 9.18. The van der Waals surface area contributed by atoms with Crippen molar-refractivity contribution in [3.8, 4) is 0 Å². The number of nitrogens with one attached hydrogen (secondary N) is 1. The lowest BCUT2D eigenvalue weighted by Gasteiger charge is -2.18. The number of carbonyl (C=O) groups is 1. The van der Waals surface area contributed by atoms with Gasteiger partial charge in [0.25, 0.3) is 0 Å². The van der Waals surface area contributed by atoms with E-state index in [1.54, 1.807) is 7.11 Å². The molecule has 16 heavy (non-hydrogen) atoms. The number of nitrogens with two attached hydrogens (primary N) is 1. The van der Waals surface area contributed by atoms with E-state index in [2.05, 4.69) is 5.32 Å². The van der Waals surface area contributed by atoms with E-state index in [0.29, 0.717) is 32.9 Å². The van der Waals surface area contributed by atoms with E-state index in [1.165, 1.54) is 0 Å². The van der Waals surface area contributed by atoms with Gasteiger partial charge < -0.3 is 20.5 Å². The molecular formula is C11H24N2O3. The molecule has 0 saturated heterocycles. The molecule has 96 valence electrons. The molecule has 5 heteroatoms. The van der Waals surface area contributed by atoms with Gasteiger partial charge in [0, 0.05) is 20.2 Å². The molecule has 0 saturated carbocycles. The Morgan fingerprint density at radius 2 is 2.00 bits per heavy atom. The van der Waals surface area contributed by atoms with Crippen LogP contribution in [0.25, 0.3) is 0 Å². The van der Waals surface area contributed by atoms with Gasteiger partial charge in [-0.1, -0.05) is 13.8 Å². The number of methoxy groups -OCH3 is 1. The smallest absolute Gasteiger partial charge is 0.224 e. The van der Waals surface area contributed by atoms with Crippen LogP contribution < -0.4 is 11.1 Å². The van der Waals surface area contributed by atoms with Crippen LogP contribution in [-0.4, -0.2) is 45.9 Å². The molecule has 0 heterocycles. The molecule has 0 aliphatic heterocycles. The van der Waals surface area contributed by atoms with E-state index in [0.717, 1.165) is 0 Å². The van der Waals surface area contributed by atoms with Crippen LogP contribution in [0.15, 0.2) is 0 Å². The van der Waals surface area contributed by atoms with Crippen molar-refractivity contribution in [2.24, 2.45) is 17.6 Å². The monoisotopic (exact) mass is 232 g/mol. The minimum atomic E-state index is -0.112. The maximum absolute atomic E-state index is 11.6. The first-order valence-corrected chi connectivity index (χ1v) is 5.68. The third-order valence-electron chi connectivity index (χ3n) is 2.37. The minimum absolute atomic E-state index is 0.00726. The summed E-state index contributed by atoms with van der Waals surface area (Å²) in [4.78, 5) is 11.6. The molecule has 0 spiro atoms. The Hall–Kier alpha value is -0.650. The highest BCUT2D eigenvalue weighted by Crippen LogP contribution is 2.08. The van der Waals surface area contributed by atoms with Crippen molar-refractivity contribution in [3.63, 3.8) is 0 Å². The molecule has 0 fully saturated rings. The Morgan fingerprint density at radius 1 is 1.31 bits per heavy atom. The Morgan fingerprint density at radius 3 is 2.50 bits per heavy atom. The van der Waals surface area contributed by atoms with Gasteiger partial charge in [0.2, 0.25) is 5.91 Å². The summed E-state index contributed by atoms with van der Waals surface area (Å²) in [6, 6.07) is 0. The van der Waals surface area contributed by atoms with Crippen LogP contribution >= 0.6 is 0 Å². The van der Waals surface area contributed by atoms with Gasteiger partial charge in [-0.25, -0.2) is 0 Å². The fourth-order valence-corrected chi connectivity index (χ4v) is 1.30. The maximum atomic E-state index is 11.6. The van der Waals surface area contributed by atoms with Crippen LogP contribution in [-0.2, 0) is 14.3 Å². The van der Waals surface area contributed by atoms with E-state index in [9.17, 15) is 4.79 Å². The zero-order chi connectivity index (χ0) is 12.4. The van der Waals surface area contributed by atoms with Crippen molar-refractivity contribution in [2.45, 2.75) is 13.8 Å². The first kappa shape index (κ1) is 15.3. The molecule has 0 radical (unpaired) electrons. The third kappa shape index (κ3) is 6.76. The Balaban J connectivity index is 3.56. The number of hydrogen-bond donors (Lipinski definition) is 2. The molecule has 0 aliphatic carbocycles. The summed E-state index contributed by atoms with van der Waals surface area (Å²) in [6.45, 7) is 6.52. The highest BCUT2D eigenvalue weighted by molar-refractivity contribution is 5.79.